The fourth-order valence-electron chi connectivity index (χ4n) is 12.5. The van der Waals surface area contributed by atoms with E-state index in [4.69, 9.17) is 20.9 Å². The van der Waals surface area contributed by atoms with E-state index in [1.165, 1.54) is 127 Å². The molecule has 0 saturated heterocycles. The zero-order chi connectivity index (χ0) is 38.8. The lowest BCUT2D eigenvalue weighted by molar-refractivity contribution is -0.286. The standard InChI is InChI=1S/C47H78F2N2O3/c1-5-6-7-8-9-10-11-12-13-14-15-16-17-18-29-53-44(52)24-19-34(2)41-22-23-42-40-21-20-35-32-39(25-27-45(35,3)43(40)26-28-46(41,42)4)54-47(48,49)36-30-37(50)33-38(51)31-36/h30-31,33-35,39-43H,5-29,32,50-51H2,1-4H3/t34-,35?,39?,40+,41-,42+,43+,45+,46-/m1/s1. The van der Waals surface area contributed by atoms with Gasteiger partial charge in [0.2, 0.25) is 0 Å². The highest BCUT2D eigenvalue weighted by Gasteiger charge is 2.61. The lowest BCUT2D eigenvalue weighted by Crippen LogP contribution is -2.54. The quantitative estimate of drug-likeness (QED) is 0.0699. The van der Waals surface area contributed by atoms with Gasteiger partial charge in [0.15, 0.2) is 0 Å². The summed E-state index contributed by atoms with van der Waals surface area (Å²) in [4.78, 5) is 12.7. The van der Waals surface area contributed by atoms with Crippen molar-refractivity contribution in [2.45, 2.75) is 200 Å². The maximum Gasteiger partial charge on any atom is 0.383 e. The van der Waals surface area contributed by atoms with Gasteiger partial charge in [-0.15, -0.1) is 0 Å². The number of nitrogen functional groups attached to an aromatic ring is 2. The van der Waals surface area contributed by atoms with Crippen molar-refractivity contribution in [2.75, 3.05) is 18.1 Å². The fourth-order valence-corrected chi connectivity index (χ4v) is 12.5. The number of hydrogen-bond acceptors (Lipinski definition) is 5. The Labute approximate surface area is 328 Å². The van der Waals surface area contributed by atoms with E-state index in [-0.39, 0.29) is 28.3 Å². The maximum atomic E-state index is 15.3. The average molecular weight is 757 g/mol. The van der Waals surface area contributed by atoms with Crippen LogP contribution in [0, 0.1) is 46.3 Å². The average Bonchev–Trinajstić information content (AvgIpc) is 3.49. The van der Waals surface area contributed by atoms with Crippen LogP contribution in [0.15, 0.2) is 18.2 Å². The maximum absolute atomic E-state index is 15.3. The van der Waals surface area contributed by atoms with E-state index in [9.17, 15) is 4.79 Å². The molecule has 7 heteroatoms. The van der Waals surface area contributed by atoms with Crippen LogP contribution >= 0.6 is 0 Å². The second-order valence-electron chi connectivity index (χ2n) is 19.1. The molecule has 0 heterocycles. The molecule has 4 aliphatic rings. The Kier molecular flexibility index (Phi) is 16.0. The summed E-state index contributed by atoms with van der Waals surface area (Å²) in [6.45, 7) is 10.3. The van der Waals surface area contributed by atoms with Crippen LogP contribution in [0.1, 0.15) is 194 Å². The molecule has 1 aromatic rings. The Morgan fingerprint density at radius 2 is 1.35 bits per heavy atom. The van der Waals surface area contributed by atoms with Crippen LogP contribution in [0.4, 0.5) is 20.2 Å². The highest BCUT2D eigenvalue weighted by atomic mass is 19.3. The first kappa shape index (κ1) is 43.2. The monoisotopic (exact) mass is 757 g/mol. The number of anilines is 2. The number of ether oxygens (including phenoxy) is 2. The van der Waals surface area contributed by atoms with Gasteiger partial charge in [-0.05, 0) is 135 Å². The summed E-state index contributed by atoms with van der Waals surface area (Å²) in [6.07, 6.45) is 25.8. The molecular weight excluding hydrogens is 679 g/mol. The smallest absolute Gasteiger partial charge is 0.383 e. The number of nitrogens with two attached hydrogens (primary N) is 2. The third-order valence-corrected chi connectivity index (χ3v) is 15.6. The van der Waals surface area contributed by atoms with Crippen LogP contribution in [0.3, 0.4) is 0 Å². The third kappa shape index (κ3) is 10.9. The molecule has 1 aromatic carbocycles. The Morgan fingerprint density at radius 3 is 1.98 bits per heavy atom. The Bertz CT molecular complexity index is 1290. The predicted octanol–water partition coefficient (Wildman–Crippen LogP) is 13.4. The number of halogens is 2. The molecule has 0 radical (unpaired) electrons. The first-order valence-electron chi connectivity index (χ1n) is 22.7. The third-order valence-electron chi connectivity index (χ3n) is 15.6. The van der Waals surface area contributed by atoms with Gasteiger partial charge in [-0.1, -0.05) is 111 Å². The Balaban J connectivity index is 0.981. The summed E-state index contributed by atoms with van der Waals surface area (Å²) in [5, 5.41) is 0. The van der Waals surface area contributed by atoms with Gasteiger partial charge in [0, 0.05) is 17.8 Å². The van der Waals surface area contributed by atoms with E-state index in [0.29, 0.717) is 60.9 Å². The molecule has 0 spiro atoms. The molecule has 4 fully saturated rings. The summed E-state index contributed by atoms with van der Waals surface area (Å²) in [5.74, 6) is 3.66. The number of carbonyl (C=O) groups is 1. The normalized spacial score (nSPS) is 31.4. The minimum atomic E-state index is -3.41. The number of alkyl halides is 2. The molecule has 2 unspecified atom stereocenters. The molecule has 0 bridgehead atoms. The zero-order valence-electron chi connectivity index (χ0n) is 34.8. The van der Waals surface area contributed by atoms with Gasteiger partial charge >= 0.3 is 12.1 Å². The molecule has 308 valence electrons. The van der Waals surface area contributed by atoms with E-state index in [0.717, 1.165) is 38.0 Å². The van der Waals surface area contributed by atoms with Crippen LogP contribution in [0.5, 0.6) is 0 Å². The molecule has 0 amide bonds. The fraction of sp³-hybridized carbons (Fsp3) is 0.851. The van der Waals surface area contributed by atoms with Crippen molar-refractivity contribution in [1.29, 1.82) is 0 Å². The van der Waals surface area contributed by atoms with E-state index >= 15 is 8.78 Å². The van der Waals surface area contributed by atoms with Crippen molar-refractivity contribution in [3.8, 4) is 0 Å². The van der Waals surface area contributed by atoms with Crippen LogP contribution in [0.2, 0.25) is 0 Å². The van der Waals surface area contributed by atoms with Crippen LogP contribution < -0.4 is 11.5 Å². The first-order chi connectivity index (χ1) is 25.9. The van der Waals surface area contributed by atoms with Gasteiger partial charge in [0.05, 0.1) is 18.3 Å². The minimum absolute atomic E-state index is 0.0134. The van der Waals surface area contributed by atoms with Gasteiger partial charge < -0.3 is 20.9 Å². The summed E-state index contributed by atoms with van der Waals surface area (Å²) in [7, 11) is 0. The van der Waals surface area contributed by atoms with Crippen molar-refractivity contribution in [3.05, 3.63) is 23.8 Å². The van der Waals surface area contributed by atoms with Crippen molar-refractivity contribution in [3.63, 3.8) is 0 Å². The number of carbonyl (C=O) groups excluding carboxylic acids is 1. The lowest BCUT2D eigenvalue weighted by atomic mass is 9.44. The molecule has 54 heavy (non-hydrogen) atoms. The molecule has 4 saturated carbocycles. The van der Waals surface area contributed by atoms with Gasteiger partial charge in [-0.25, -0.2) is 0 Å². The molecule has 0 aliphatic heterocycles. The molecule has 0 aromatic heterocycles. The molecule has 4 N–H and O–H groups in total. The predicted molar refractivity (Wildman–Crippen MR) is 219 cm³/mol. The van der Waals surface area contributed by atoms with Crippen LogP contribution in [-0.2, 0) is 20.4 Å². The number of rotatable bonds is 22. The highest BCUT2D eigenvalue weighted by Crippen LogP contribution is 2.68. The van der Waals surface area contributed by atoms with Crippen molar-refractivity contribution >= 4 is 17.3 Å². The summed E-state index contributed by atoms with van der Waals surface area (Å²) in [5.41, 5.74) is 12.3. The molecule has 5 nitrogen and oxygen atoms in total. The largest absolute Gasteiger partial charge is 0.466 e. The van der Waals surface area contributed by atoms with E-state index < -0.39 is 12.2 Å². The Morgan fingerprint density at radius 1 is 0.778 bits per heavy atom. The van der Waals surface area contributed by atoms with Crippen LogP contribution in [0.25, 0.3) is 0 Å². The first-order valence-corrected chi connectivity index (χ1v) is 22.7. The second-order valence-corrected chi connectivity index (χ2v) is 19.1. The van der Waals surface area contributed by atoms with Crippen molar-refractivity contribution < 1.29 is 23.0 Å². The summed E-state index contributed by atoms with van der Waals surface area (Å²) in [6, 6.07) is 4.04. The van der Waals surface area contributed by atoms with Gasteiger partial charge in [-0.3, -0.25) is 4.79 Å². The molecule has 9 atom stereocenters. The zero-order valence-corrected chi connectivity index (χ0v) is 34.8. The number of hydrogen-bond donors (Lipinski definition) is 2. The SMILES string of the molecule is CCCCCCCCCCCCCCCCOC(=O)CC[C@@H](C)[C@H]1CC[C@H]2[C@@H]3CCC4CC(OC(F)(F)c5cc(N)cc(N)c5)CC[C@]4(C)[C@H]3CC[C@]12C. The number of fused-ring (bicyclic) bond motifs is 5. The summed E-state index contributed by atoms with van der Waals surface area (Å²) < 4.78 is 41.9. The van der Waals surface area contributed by atoms with Crippen molar-refractivity contribution in [1.82, 2.24) is 0 Å². The van der Waals surface area contributed by atoms with E-state index in [1.54, 1.807) is 0 Å². The van der Waals surface area contributed by atoms with Gasteiger partial charge in [0.1, 0.15) is 0 Å². The topological polar surface area (TPSA) is 87.6 Å². The number of benzene rings is 1. The number of unbranched alkanes of at least 4 members (excludes halogenated alkanes) is 13. The van der Waals surface area contributed by atoms with Crippen LogP contribution in [-0.4, -0.2) is 18.7 Å². The molecule has 4 aliphatic carbocycles. The number of esters is 1. The summed E-state index contributed by atoms with van der Waals surface area (Å²) >= 11 is 0. The van der Waals surface area contributed by atoms with Gasteiger partial charge in [-0.2, -0.15) is 8.78 Å². The second kappa shape index (κ2) is 20.0. The van der Waals surface area contributed by atoms with E-state index in [1.807, 2.05) is 0 Å². The Hall–Kier alpha value is -1.89. The molecular formula is C47H78F2N2O3. The minimum Gasteiger partial charge on any atom is -0.466 e. The lowest BCUT2D eigenvalue weighted by Gasteiger charge is -2.61. The highest BCUT2D eigenvalue weighted by molar-refractivity contribution is 5.69. The molecule has 5 rings (SSSR count). The van der Waals surface area contributed by atoms with E-state index in [2.05, 4.69) is 27.7 Å². The van der Waals surface area contributed by atoms with Gasteiger partial charge in [0.25, 0.3) is 0 Å². The van der Waals surface area contributed by atoms with Crippen molar-refractivity contribution in [2.24, 2.45) is 46.3 Å².